The van der Waals surface area contributed by atoms with Crippen molar-refractivity contribution in [3.63, 3.8) is 0 Å². The molecule has 0 spiro atoms. The molecule has 2 aromatic carbocycles. The van der Waals surface area contributed by atoms with Gasteiger partial charge < -0.3 is 4.90 Å². The molecule has 1 atom stereocenters. The average Bonchev–Trinajstić information content (AvgIpc) is 3.07. The van der Waals surface area contributed by atoms with Crippen LogP contribution in [-0.2, 0) is 0 Å². The van der Waals surface area contributed by atoms with Crippen LogP contribution in [0, 0.1) is 5.82 Å². The van der Waals surface area contributed by atoms with Crippen molar-refractivity contribution < 1.29 is 9.18 Å². The fourth-order valence-electron chi connectivity index (χ4n) is 3.33. The van der Waals surface area contributed by atoms with Crippen molar-refractivity contribution in [3.8, 4) is 11.3 Å². The molecule has 0 aliphatic carbocycles. The van der Waals surface area contributed by atoms with Gasteiger partial charge in [-0.2, -0.15) is 16.9 Å². The Labute approximate surface area is 172 Å². The predicted molar refractivity (Wildman–Crippen MR) is 111 cm³/mol. The highest BCUT2D eigenvalue weighted by atomic mass is 35.5. The smallest absolute Gasteiger partial charge is 0.271 e. The molecule has 1 fully saturated rings. The zero-order chi connectivity index (χ0) is 19.5. The molecule has 4 rings (SSSR count). The number of benzene rings is 2. The van der Waals surface area contributed by atoms with Crippen LogP contribution in [-0.4, -0.2) is 39.8 Å². The number of thioether (sulfide) groups is 1. The Hall–Kier alpha value is -2.31. The highest BCUT2D eigenvalue weighted by Gasteiger charge is 2.25. The van der Waals surface area contributed by atoms with E-state index in [0.717, 1.165) is 28.3 Å². The van der Waals surface area contributed by atoms with Crippen LogP contribution in [0.2, 0.25) is 5.02 Å². The third kappa shape index (κ3) is 4.08. The van der Waals surface area contributed by atoms with E-state index >= 15 is 0 Å². The van der Waals surface area contributed by atoms with Crippen LogP contribution in [0.3, 0.4) is 0 Å². The van der Waals surface area contributed by atoms with Gasteiger partial charge in [-0.05, 0) is 48.4 Å². The Morgan fingerprint density at radius 3 is 2.75 bits per heavy atom. The van der Waals surface area contributed by atoms with Gasteiger partial charge in [0.1, 0.15) is 11.5 Å². The van der Waals surface area contributed by atoms with Crippen molar-refractivity contribution in [1.29, 1.82) is 0 Å². The van der Waals surface area contributed by atoms with Gasteiger partial charge >= 0.3 is 0 Å². The summed E-state index contributed by atoms with van der Waals surface area (Å²) in [5.41, 5.74) is 2.97. The highest BCUT2D eigenvalue weighted by Crippen LogP contribution is 2.38. The molecular weight excluding hydrogens is 397 g/mol. The Morgan fingerprint density at radius 2 is 1.96 bits per heavy atom. The molecule has 1 saturated heterocycles. The van der Waals surface area contributed by atoms with Crippen LogP contribution in [0.25, 0.3) is 11.3 Å². The summed E-state index contributed by atoms with van der Waals surface area (Å²) >= 11 is 8.18. The minimum absolute atomic E-state index is 0.0683. The predicted octanol–water partition coefficient (Wildman–Crippen LogP) is 5.19. The van der Waals surface area contributed by atoms with Crippen molar-refractivity contribution in [1.82, 2.24) is 15.1 Å². The van der Waals surface area contributed by atoms with Gasteiger partial charge in [0.15, 0.2) is 0 Å². The summed E-state index contributed by atoms with van der Waals surface area (Å²) in [6.45, 7) is 1.34. The van der Waals surface area contributed by atoms with Crippen LogP contribution in [0.5, 0.6) is 0 Å². The summed E-state index contributed by atoms with van der Waals surface area (Å²) in [7, 11) is 0. The fourth-order valence-corrected chi connectivity index (χ4v) is 4.93. The maximum absolute atomic E-state index is 13.1. The molecule has 1 aliphatic rings. The second kappa shape index (κ2) is 8.37. The second-order valence-corrected chi connectivity index (χ2v) is 8.35. The van der Waals surface area contributed by atoms with E-state index < -0.39 is 0 Å². The van der Waals surface area contributed by atoms with Gasteiger partial charge in [0, 0.05) is 34.7 Å². The summed E-state index contributed by atoms with van der Waals surface area (Å²) in [5, 5.41) is 8.09. The zero-order valence-electron chi connectivity index (χ0n) is 15.1. The number of nitrogens with one attached hydrogen (secondary N) is 1. The van der Waals surface area contributed by atoms with Crippen LogP contribution in [0.4, 0.5) is 4.39 Å². The summed E-state index contributed by atoms with van der Waals surface area (Å²) in [6.07, 6.45) is 0.846. The Kier molecular flexibility index (Phi) is 5.69. The fraction of sp³-hybridized carbons (Fsp3) is 0.238. The minimum Gasteiger partial charge on any atom is -0.336 e. The minimum atomic E-state index is -0.300. The monoisotopic (exact) mass is 415 g/mol. The van der Waals surface area contributed by atoms with E-state index in [0.29, 0.717) is 24.5 Å². The molecule has 0 saturated carbocycles. The first-order valence-corrected chi connectivity index (χ1v) is 10.5. The highest BCUT2D eigenvalue weighted by molar-refractivity contribution is 7.99. The molecule has 7 heteroatoms. The second-order valence-electron chi connectivity index (χ2n) is 6.64. The average molecular weight is 416 g/mol. The lowest BCUT2D eigenvalue weighted by Gasteiger charge is -2.19. The van der Waals surface area contributed by atoms with Gasteiger partial charge in [-0.3, -0.25) is 9.89 Å². The van der Waals surface area contributed by atoms with E-state index in [1.165, 1.54) is 12.1 Å². The molecule has 0 radical (unpaired) electrons. The van der Waals surface area contributed by atoms with Gasteiger partial charge in [0.25, 0.3) is 5.91 Å². The van der Waals surface area contributed by atoms with E-state index in [1.807, 2.05) is 34.9 Å². The summed E-state index contributed by atoms with van der Waals surface area (Å²) in [4.78, 5) is 14.8. The molecule has 4 nitrogen and oxygen atoms in total. The number of rotatable bonds is 3. The number of aromatic amines is 1. The number of aromatic nitrogens is 2. The number of nitrogens with zero attached hydrogens (tertiary/aromatic N) is 2. The lowest BCUT2D eigenvalue weighted by Crippen LogP contribution is -2.33. The van der Waals surface area contributed by atoms with Gasteiger partial charge in [0.2, 0.25) is 0 Å². The number of halogens is 2. The molecule has 1 unspecified atom stereocenters. The quantitative estimate of drug-likeness (QED) is 0.640. The first-order valence-electron chi connectivity index (χ1n) is 9.08. The largest absolute Gasteiger partial charge is 0.336 e. The van der Waals surface area contributed by atoms with Crippen molar-refractivity contribution in [3.05, 3.63) is 76.7 Å². The Balaban J connectivity index is 1.46. The van der Waals surface area contributed by atoms with Crippen molar-refractivity contribution in [2.24, 2.45) is 0 Å². The van der Waals surface area contributed by atoms with Crippen LogP contribution in [0.15, 0.2) is 54.6 Å². The summed E-state index contributed by atoms with van der Waals surface area (Å²) < 4.78 is 13.1. The van der Waals surface area contributed by atoms with Crippen LogP contribution in [0.1, 0.15) is 27.7 Å². The maximum atomic E-state index is 13.1. The first kappa shape index (κ1) is 19.0. The normalized spacial score (nSPS) is 17.4. The van der Waals surface area contributed by atoms with Crippen LogP contribution < -0.4 is 0 Å². The summed E-state index contributed by atoms with van der Waals surface area (Å²) in [5.74, 6) is 0.479. The van der Waals surface area contributed by atoms with Crippen molar-refractivity contribution in [2.45, 2.75) is 11.7 Å². The van der Waals surface area contributed by atoms with Crippen molar-refractivity contribution in [2.75, 3.05) is 18.8 Å². The number of hydrogen-bond donors (Lipinski definition) is 1. The van der Waals surface area contributed by atoms with Gasteiger partial charge in [-0.15, -0.1) is 0 Å². The molecule has 2 heterocycles. The molecule has 0 bridgehead atoms. The van der Waals surface area contributed by atoms with E-state index in [9.17, 15) is 9.18 Å². The Bertz CT molecular complexity index is 976. The lowest BCUT2D eigenvalue weighted by atomic mass is 10.1. The SMILES string of the molecule is O=C(c1cc(-c2ccc(F)cc2)n[nH]1)N1CCSC(c2ccccc2Cl)CC1. The maximum Gasteiger partial charge on any atom is 0.271 e. The zero-order valence-corrected chi connectivity index (χ0v) is 16.6. The molecule has 3 aromatic rings. The van der Waals surface area contributed by atoms with E-state index in [4.69, 9.17) is 11.6 Å². The molecule has 1 aliphatic heterocycles. The van der Waals surface area contributed by atoms with Gasteiger partial charge in [-0.1, -0.05) is 29.8 Å². The number of amides is 1. The van der Waals surface area contributed by atoms with E-state index in [-0.39, 0.29) is 17.0 Å². The standard InChI is InChI=1S/C21H19ClFN3OS/c22-17-4-2-1-3-16(17)20-9-10-26(11-12-28-20)21(27)19-13-18(24-25-19)14-5-7-15(23)8-6-14/h1-8,13,20H,9-12H2,(H,24,25). The van der Waals surface area contributed by atoms with Gasteiger partial charge in [0.05, 0.1) is 5.69 Å². The summed E-state index contributed by atoms with van der Waals surface area (Å²) in [6, 6.07) is 15.7. The van der Waals surface area contributed by atoms with Crippen LogP contribution >= 0.6 is 23.4 Å². The molecule has 1 N–H and O–H groups in total. The molecule has 144 valence electrons. The topological polar surface area (TPSA) is 49.0 Å². The first-order chi connectivity index (χ1) is 13.6. The van der Waals surface area contributed by atoms with Crippen molar-refractivity contribution >= 4 is 29.3 Å². The third-order valence-corrected chi connectivity index (χ3v) is 6.48. The Morgan fingerprint density at radius 1 is 1.18 bits per heavy atom. The van der Waals surface area contributed by atoms with Gasteiger partial charge in [-0.25, -0.2) is 4.39 Å². The third-order valence-electron chi connectivity index (χ3n) is 4.83. The molecular formula is C21H19ClFN3OS. The number of carbonyl (C=O) groups excluding carboxylic acids is 1. The van der Waals surface area contributed by atoms with E-state index in [1.54, 1.807) is 18.2 Å². The lowest BCUT2D eigenvalue weighted by molar-refractivity contribution is 0.0760. The van der Waals surface area contributed by atoms with E-state index in [2.05, 4.69) is 16.3 Å². The molecule has 1 aromatic heterocycles. The number of carbonyl (C=O) groups is 1. The molecule has 28 heavy (non-hydrogen) atoms. The number of H-pyrrole nitrogens is 1. The number of hydrogen-bond acceptors (Lipinski definition) is 3. The molecule has 1 amide bonds.